The summed E-state index contributed by atoms with van der Waals surface area (Å²) in [5, 5.41) is 1.16. The molecule has 2 atom stereocenters. The highest BCUT2D eigenvalue weighted by atomic mass is 15.4. The van der Waals surface area contributed by atoms with Gasteiger partial charge in [0, 0.05) is 37.3 Å². The van der Waals surface area contributed by atoms with E-state index in [1.165, 1.54) is 19.3 Å². The Morgan fingerprint density at radius 3 is 3.00 bits per heavy atom. The van der Waals surface area contributed by atoms with Crippen molar-refractivity contribution in [2.75, 3.05) is 18.5 Å². The Hall–Kier alpha value is -1.59. The Morgan fingerprint density at radius 2 is 2.15 bits per heavy atom. The maximum Gasteiger partial charge on any atom is 0.139 e. The SMILES string of the molecule is CN(CC1CC(C2CC2)NN1)c1ccc2cc[nH]c2n1. The molecule has 1 saturated carbocycles. The van der Waals surface area contributed by atoms with Crippen LogP contribution in [0.5, 0.6) is 0 Å². The monoisotopic (exact) mass is 271 g/mol. The smallest absolute Gasteiger partial charge is 0.139 e. The van der Waals surface area contributed by atoms with Crippen LogP contribution in [0.4, 0.5) is 5.82 Å². The fourth-order valence-corrected chi connectivity index (χ4v) is 3.14. The maximum absolute atomic E-state index is 4.67. The van der Waals surface area contributed by atoms with Crippen LogP contribution in [0.1, 0.15) is 19.3 Å². The average molecular weight is 271 g/mol. The number of H-pyrrole nitrogens is 1. The lowest BCUT2D eigenvalue weighted by Gasteiger charge is -2.21. The number of nitrogens with one attached hydrogen (secondary N) is 3. The van der Waals surface area contributed by atoms with Crippen molar-refractivity contribution in [2.45, 2.75) is 31.3 Å². The third kappa shape index (κ3) is 2.27. The van der Waals surface area contributed by atoms with Gasteiger partial charge < -0.3 is 9.88 Å². The number of anilines is 1. The number of aromatic amines is 1. The second-order valence-electron chi connectivity index (χ2n) is 6.13. The van der Waals surface area contributed by atoms with E-state index in [-0.39, 0.29) is 0 Å². The molecule has 1 aliphatic carbocycles. The number of rotatable bonds is 4. The predicted molar refractivity (Wildman–Crippen MR) is 80.6 cm³/mol. The third-order valence-electron chi connectivity index (χ3n) is 4.48. The fourth-order valence-electron chi connectivity index (χ4n) is 3.14. The molecule has 2 fully saturated rings. The molecule has 0 spiro atoms. The number of hydrogen-bond donors (Lipinski definition) is 3. The molecular formula is C15H21N5. The van der Waals surface area contributed by atoms with Crippen LogP contribution >= 0.6 is 0 Å². The number of hydrogen-bond acceptors (Lipinski definition) is 4. The topological polar surface area (TPSA) is 56.0 Å². The summed E-state index contributed by atoms with van der Waals surface area (Å²) in [5.41, 5.74) is 7.84. The van der Waals surface area contributed by atoms with E-state index < -0.39 is 0 Å². The summed E-state index contributed by atoms with van der Waals surface area (Å²) < 4.78 is 0. The summed E-state index contributed by atoms with van der Waals surface area (Å²) >= 11 is 0. The van der Waals surface area contributed by atoms with Crippen LogP contribution in [0.15, 0.2) is 24.4 Å². The first-order valence-electron chi connectivity index (χ1n) is 7.46. The van der Waals surface area contributed by atoms with Crippen LogP contribution in [-0.4, -0.2) is 35.6 Å². The number of nitrogens with zero attached hydrogens (tertiary/aromatic N) is 2. The molecule has 3 N–H and O–H groups in total. The van der Waals surface area contributed by atoms with E-state index >= 15 is 0 Å². The van der Waals surface area contributed by atoms with Crippen molar-refractivity contribution < 1.29 is 0 Å². The number of aromatic nitrogens is 2. The van der Waals surface area contributed by atoms with Crippen LogP contribution in [0, 0.1) is 5.92 Å². The molecule has 2 unspecified atom stereocenters. The van der Waals surface area contributed by atoms with Gasteiger partial charge in [-0.05, 0) is 43.4 Å². The van der Waals surface area contributed by atoms with E-state index in [2.05, 4.69) is 51.0 Å². The minimum absolute atomic E-state index is 0.506. The zero-order chi connectivity index (χ0) is 13.5. The molecule has 3 heterocycles. The molecular weight excluding hydrogens is 250 g/mol. The fraction of sp³-hybridized carbons (Fsp3) is 0.533. The first-order valence-corrected chi connectivity index (χ1v) is 7.46. The molecule has 2 aromatic heterocycles. The standard InChI is InChI=1S/C15H21N5/c1-20(9-12-8-13(19-18-12)10-2-3-10)14-5-4-11-6-7-16-15(11)17-14/h4-7,10,12-13,18-19H,2-3,8-9H2,1H3,(H,16,17). The van der Waals surface area contributed by atoms with Crippen molar-refractivity contribution in [1.29, 1.82) is 0 Å². The zero-order valence-electron chi connectivity index (χ0n) is 11.8. The van der Waals surface area contributed by atoms with Gasteiger partial charge in [0.05, 0.1) is 0 Å². The van der Waals surface area contributed by atoms with Gasteiger partial charge in [-0.2, -0.15) is 0 Å². The molecule has 0 aromatic carbocycles. The van der Waals surface area contributed by atoms with Gasteiger partial charge in [-0.25, -0.2) is 4.98 Å². The molecule has 0 bridgehead atoms. The predicted octanol–water partition coefficient (Wildman–Crippen LogP) is 1.64. The Kier molecular flexibility index (Phi) is 2.89. The van der Waals surface area contributed by atoms with Crippen molar-refractivity contribution in [3.05, 3.63) is 24.4 Å². The molecule has 0 amide bonds. The molecule has 20 heavy (non-hydrogen) atoms. The quantitative estimate of drug-likeness (QED) is 0.791. The van der Waals surface area contributed by atoms with E-state index in [0.717, 1.165) is 29.3 Å². The van der Waals surface area contributed by atoms with Gasteiger partial charge in [-0.1, -0.05) is 0 Å². The Labute approximate surface area is 118 Å². The number of likely N-dealkylation sites (N-methyl/N-ethyl adjacent to an activating group) is 1. The first-order chi connectivity index (χ1) is 9.79. The van der Waals surface area contributed by atoms with Gasteiger partial charge in [-0.15, -0.1) is 0 Å². The van der Waals surface area contributed by atoms with E-state index in [1.807, 2.05) is 6.20 Å². The molecule has 5 nitrogen and oxygen atoms in total. The lowest BCUT2D eigenvalue weighted by Crippen LogP contribution is -2.39. The average Bonchev–Trinajstić information content (AvgIpc) is 3.02. The van der Waals surface area contributed by atoms with Crippen molar-refractivity contribution in [1.82, 2.24) is 20.8 Å². The Morgan fingerprint density at radius 1 is 1.25 bits per heavy atom. The summed E-state index contributed by atoms with van der Waals surface area (Å²) in [5.74, 6) is 1.93. The molecule has 106 valence electrons. The highest BCUT2D eigenvalue weighted by Crippen LogP contribution is 2.35. The summed E-state index contributed by atoms with van der Waals surface area (Å²) in [6.45, 7) is 0.982. The Bertz CT molecular complexity index is 603. The first kappa shape index (κ1) is 12.2. The molecule has 0 radical (unpaired) electrons. The van der Waals surface area contributed by atoms with Crippen LogP contribution in [0.25, 0.3) is 11.0 Å². The summed E-state index contributed by atoms with van der Waals surface area (Å²) in [4.78, 5) is 10.1. The van der Waals surface area contributed by atoms with E-state index in [9.17, 15) is 0 Å². The number of hydrazine groups is 1. The van der Waals surface area contributed by atoms with Crippen molar-refractivity contribution >= 4 is 16.9 Å². The third-order valence-corrected chi connectivity index (χ3v) is 4.48. The number of fused-ring (bicyclic) bond motifs is 1. The highest BCUT2D eigenvalue weighted by Gasteiger charge is 2.36. The largest absolute Gasteiger partial charge is 0.358 e. The summed E-state index contributed by atoms with van der Waals surface area (Å²) in [6, 6.07) is 7.45. The van der Waals surface area contributed by atoms with E-state index in [0.29, 0.717) is 12.1 Å². The van der Waals surface area contributed by atoms with Gasteiger partial charge >= 0.3 is 0 Å². The molecule has 1 saturated heterocycles. The Balaban J connectivity index is 1.42. The minimum atomic E-state index is 0.506. The summed E-state index contributed by atoms with van der Waals surface area (Å²) in [7, 11) is 2.11. The molecule has 2 aromatic rings. The van der Waals surface area contributed by atoms with Gasteiger partial charge in [0.25, 0.3) is 0 Å². The van der Waals surface area contributed by atoms with Gasteiger partial charge in [0.1, 0.15) is 11.5 Å². The maximum atomic E-state index is 4.67. The van der Waals surface area contributed by atoms with Crippen LogP contribution < -0.4 is 15.8 Å². The second kappa shape index (κ2) is 4.75. The minimum Gasteiger partial charge on any atom is -0.358 e. The van der Waals surface area contributed by atoms with Gasteiger partial charge in [0.15, 0.2) is 0 Å². The normalized spacial score (nSPS) is 26.2. The number of pyridine rings is 1. The van der Waals surface area contributed by atoms with Crippen LogP contribution in [-0.2, 0) is 0 Å². The van der Waals surface area contributed by atoms with Gasteiger partial charge in [-0.3, -0.25) is 10.9 Å². The van der Waals surface area contributed by atoms with E-state index in [4.69, 9.17) is 0 Å². The lowest BCUT2D eigenvalue weighted by atomic mass is 10.1. The van der Waals surface area contributed by atoms with Crippen molar-refractivity contribution in [2.24, 2.45) is 5.92 Å². The molecule has 2 aliphatic rings. The molecule has 1 aliphatic heterocycles. The second-order valence-corrected chi connectivity index (χ2v) is 6.13. The van der Waals surface area contributed by atoms with E-state index in [1.54, 1.807) is 0 Å². The molecule has 4 rings (SSSR count). The zero-order valence-corrected chi connectivity index (χ0v) is 11.8. The van der Waals surface area contributed by atoms with Crippen LogP contribution in [0.2, 0.25) is 0 Å². The highest BCUT2D eigenvalue weighted by molar-refractivity contribution is 5.77. The van der Waals surface area contributed by atoms with Crippen molar-refractivity contribution in [3.8, 4) is 0 Å². The van der Waals surface area contributed by atoms with Gasteiger partial charge in [0.2, 0.25) is 0 Å². The van der Waals surface area contributed by atoms with Crippen molar-refractivity contribution in [3.63, 3.8) is 0 Å². The lowest BCUT2D eigenvalue weighted by molar-refractivity contribution is 0.499. The van der Waals surface area contributed by atoms with Crippen LogP contribution in [0.3, 0.4) is 0 Å². The summed E-state index contributed by atoms with van der Waals surface area (Å²) in [6.07, 6.45) is 5.95. The molecule has 5 heteroatoms.